The number of amides is 2. The molecule has 4 aliphatic rings. The topological polar surface area (TPSA) is 135 Å². The van der Waals surface area contributed by atoms with Gasteiger partial charge in [-0.1, -0.05) is 0 Å². The summed E-state index contributed by atoms with van der Waals surface area (Å²) < 4.78 is 32.6. The molecule has 4 heterocycles. The Morgan fingerprint density at radius 3 is 2.51 bits per heavy atom. The lowest BCUT2D eigenvalue weighted by molar-refractivity contribution is -0.133. The molecule has 0 radical (unpaired) electrons. The van der Waals surface area contributed by atoms with Gasteiger partial charge in [0.2, 0.25) is 11.8 Å². The van der Waals surface area contributed by atoms with E-state index in [9.17, 15) is 18.8 Å². The van der Waals surface area contributed by atoms with Crippen LogP contribution in [-0.4, -0.2) is 83.5 Å². The quantitative estimate of drug-likeness (QED) is 0.231. The van der Waals surface area contributed by atoms with Crippen LogP contribution >= 0.6 is 11.8 Å². The predicted molar refractivity (Wildman–Crippen MR) is 185 cm³/mol. The number of imide groups is 1. The van der Waals surface area contributed by atoms with Crippen molar-refractivity contribution in [2.24, 2.45) is 11.8 Å². The number of carbonyl (C=O) groups excluding carboxylic acids is 2. The van der Waals surface area contributed by atoms with Crippen LogP contribution in [0.5, 0.6) is 11.5 Å². The zero-order valence-corrected chi connectivity index (χ0v) is 28.4. The number of nitrogens with one attached hydrogen (secondary N) is 3. The Balaban J connectivity index is 0.815. The van der Waals surface area contributed by atoms with Crippen molar-refractivity contribution in [2.45, 2.75) is 74.5 Å². The van der Waals surface area contributed by atoms with E-state index >= 15 is 0 Å². The van der Waals surface area contributed by atoms with E-state index < -0.39 is 17.4 Å². The standard InChI is InChI=1S/C36H44FN5O6S/c37-29-17-26(18-31-34(29)36(45)40-32(39-31)21-49-28-9-13-46-14-10-28)47-20-22-7-11-42(12-8-22)19-23-15-27(16-23)48-25-3-1-24(2-4-25)38-30-5-6-33(43)41-35(30)44/h1-4,17-18,22-23,27-28,30,38H,5-16,19-21H2,(H,39,40,45)(H,41,43,44). The summed E-state index contributed by atoms with van der Waals surface area (Å²) in [6, 6.07) is 10.2. The fourth-order valence-electron chi connectivity index (χ4n) is 7.13. The number of fused-ring (bicyclic) bond motifs is 1. The van der Waals surface area contributed by atoms with Gasteiger partial charge in [-0.3, -0.25) is 19.7 Å². The van der Waals surface area contributed by atoms with Gasteiger partial charge in [0.1, 0.15) is 34.6 Å². The first-order valence-electron chi connectivity index (χ1n) is 17.5. The highest BCUT2D eigenvalue weighted by molar-refractivity contribution is 7.99. The Morgan fingerprint density at radius 2 is 1.76 bits per heavy atom. The van der Waals surface area contributed by atoms with Crippen molar-refractivity contribution >= 4 is 40.2 Å². The molecule has 1 saturated carbocycles. The molecule has 2 amide bonds. The Kier molecular flexibility index (Phi) is 10.7. The third kappa shape index (κ3) is 8.74. The number of halogens is 1. The molecule has 1 aromatic heterocycles. The second-order valence-electron chi connectivity index (χ2n) is 13.7. The van der Waals surface area contributed by atoms with Crippen molar-refractivity contribution < 1.29 is 28.2 Å². The van der Waals surface area contributed by atoms with Gasteiger partial charge in [-0.2, -0.15) is 11.8 Å². The number of anilines is 1. The molecule has 7 rings (SSSR count). The number of aromatic nitrogens is 2. The highest BCUT2D eigenvalue weighted by Gasteiger charge is 2.33. The van der Waals surface area contributed by atoms with Crippen molar-refractivity contribution in [1.82, 2.24) is 20.2 Å². The van der Waals surface area contributed by atoms with Gasteiger partial charge in [0.25, 0.3) is 5.56 Å². The van der Waals surface area contributed by atoms with Gasteiger partial charge >= 0.3 is 0 Å². The van der Waals surface area contributed by atoms with Crippen LogP contribution < -0.4 is 25.7 Å². The second kappa shape index (κ2) is 15.5. The Hall–Kier alpha value is -3.68. The first-order valence-corrected chi connectivity index (χ1v) is 18.5. The number of benzene rings is 2. The first-order chi connectivity index (χ1) is 23.8. The maximum atomic E-state index is 15.0. The van der Waals surface area contributed by atoms with Crippen LogP contribution in [0.4, 0.5) is 10.1 Å². The molecule has 0 bridgehead atoms. The van der Waals surface area contributed by atoms with E-state index in [4.69, 9.17) is 14.2 Å². The van der Waals surface area contributed by atoms with Crippen LogP contribution in [0, 0.1) is 17.7 Å². The van der Waals surface area contributed by atoms with E-state index in [1.165, 1.54) is 6.07 Å². The zero-order chi connectivity index (χ0) is 33.7. The van der Waals surface area contributed by atoms with Crippen LogP contribution in [0.2, 0.25) is 0 Å². The molecular formula is C36H44FN5O6S. The minimum Gasteiger partial charge on any atom is -0.493 e. The lowest BCUT2D eigenvalue weighted by Crippen LogP contribution is -2.47. The fourth-order valence-corrected chi connectivity index (χ4v) is 8.18. The molecule has 1 unspecified atom stereocenters. The van der Waals surface area contributed by atoms with Gasteiger partial charge in [-0.05, 0) is 94.1 Å². The Labute approximate surface area is 289 Å². The Bertz CT molecular complexity index is 1690. The molecule has 3 aliphatic heterocycles. The number of H-pyrrole nitrogens is 1. The van der Waals surface area contributed by atoms with Crippen LogP contribution in [-0.2, 0) is 20.1 Å². The summed E-state index contributed by atoms with van der Waals surface area (Å²) in [6.45, 7) is 5.11. The van der Waals surface area contributed by atoms with E-state index in [2.05, 4.69) is 25.5 Å². The molecule has 4 fully saturated rings. The summed E-state index contributed by atoms with van der Waals surface area (Å²) in [4.78, 5) is 45.9. The van der Waals surface area contributed by atoms with E-state index in [1.54, 1.807) is 17.8 Å². The molecule has 11 nitrogen and oxygen atoms in total. The third-order valence-corrected chi connectivity index (χ3v) is 11.4. The molecule has 13 heteroatoms. The van der Waals surface area contributed by atoms with Gasteiger partial charge in [-0.25, -0.2) is 9.37 Å². The van der Waals surface area contributed by atoms with Crippen molar-refractivity contribution in [2.75, 3.05) is 44.8 Å². The predicted octanol–water partition coefficient (Wildman–Crippen LogP) is 4.64. The maximum Gasteiger partial charge on any atom is 0.261 e. The largest absolute Gasteiger partial charge is 0.493 e. The average Bonchev–Trinajstić information content (AvgIpc) is 3.08. The SMILES string of the molecule is O=C1CCC(Nc2ccc(OC3CC(CN4CCC(COc5cc(F)c6c(=O)[nH]c(CSC7CCOCC7)nc6c5)CC4)C3)cc2)C(=O)N1. The molecule has 262 valence electrons. The third-order valence-electron chi connectivity index (χ3n) is 10.0. The molecule has 1 aliphatic carbocycles. The summed E-state index contributed by atoms with van der Waals surface area (Å²) in [5.41, 5.74) is 0.700. The Morgan fingerprint density at radius 1 is 0.980 bits per heavy atom. The molecule has 3 N–H and O–H groups in total. The lowest BCUT2D eigenvalue weighted by Gasteiger charge is -2.40. The van der Waals surface area contributed by atoms with E-state index in [1.807, 2.05) is 24.3 Å². The molecule has 2 aromatic carbocycles. The average molecular weight is 694 g/mol. The van der Waals surface area contributed by atoms with E-state index in [-0.39, 0.29) is 23.3 Å². The number of carbonyl (C=O) groups is 2. The number of ether oxygens (including phenoxy) is 3. The van der Waals surface area contributed by atoms with E-state index in [0.29, 0.717) is 59.4 Å². The molecule has 1 atom stereocenters. The molecular weight excluding hydrogens is 649 g/mol. The minimum absolute atomic E-state index is 0.0265. The summed E-state index contributed by atoms with van der Waals surface area (Å²) >= 11 is 1.75. The van der Waals surface area contributed by atoms with Crippen LogP contribution in [0.3, 0.4) is 0 Å². The highest BCUT2D eigenvalue weighted by atomic mass is 32.2. The maximum absolute atomic E-state index is 15.0. The van der Waals surface area contributed by atoms with Crippen molar-refractivity contribution in [3.8, 4) is 11.5 Å². The number of rotatable bonds is 12. The van der Waals surface area contributed by atoms with Gasteiger partial charge in [0.05, 0.1) is 24.0 Å². The zero-order valence-electron chi connectivity index (χ0n) is 27.6. The number of thioether (sulfide) groups is 1. The molecule has 49 heavy (non-hydrogen) atoms. The summed E-state index contributed by atoms with van der Waals surface area (Å²) in [6.07, 6.45) is 7.10. The summed E-state index contributed by atoms with van der Waals surface area (Å²) in [5, 5.41) is 6.01. The van der Waals surface area contributed by atoms with Gasteiger partial charge in [-0.15, -0.1) is 0 Å². The fraction of sp³-hybridized carbons (Fsp3) is 0.556. The van der Waals surface area contributed by atoms with Crippen LogP contribution in [0.1, 0.15) is 57.2 Å². The number of nitrogens with zero attached hydrogens (tertiary/aromatic N) is 2. The normalized spacial score (nSPS) is 24.0. The van der Waals surface area contributed by atoms with Crippen molar-refractivity contribution in [3.05, 3.63) is 58.4 Å². The second-order valence-corrected chi connectivity index (χ2v) is 15.0. The van der Waals surface area contributed by atoms with E-state index in [0.717, 1.165) is 82.8 Å². The monoisotopic (exact) mass is 693 g/mol. The molecule has 3 aromatic rings. The number of hydrogen-bond donors (Lipinski definition) is 3. The van der Waals surface area contributed by atoms with Crippen molar-refractivity contribution in [1.29, 1.82) is 0 Å². The van der Waals surface area contributed by atoms with Gasteiger partial charge < -0.3 is 29.4 Å². The molecule has 0 spiro atoms. The first kappa shape index (κ1) is 33.8. The number of hydrogen-bond acceptors (Lipinski definition) is 10. The minimum atomic E-state index is -0.610. The lowest BCUT2D eigenvalue weighted by atomic mass is 9.81. The number of piperidine rings is 2. The van der Waals surface area contributed by atoms with Gasteiger partial charge in [0, 0.05) is 49.2 Å². The summed E-state index contributed by atoms with van der Waals surface area (Å²) in [5.74, 6) is 2.23. The van der Waals surface area contributed by atoms with Crippen LogP contribution in [0.15, 0.2) is 41.2 Å². The van der Waals surface area contributed by atoms with Crippen LogP contribution in [0.25, 0.3) is 10.9 Å². The molecule has 3 saturated heterocycles. The van der Waals surface area contributed by atoms with Crippen molar-refractivity contribution in [3.63, 3.8) is 0 Å². The highest BCUT2D eigenvalue weighted by Crippen LogP contribution is 2.34. The number of aromatic amines is 1. The number of likely N-dealkylation sites (tertiary alicyclic amines) is 1. The van der Waals surface area contributed by atoms with Gasteiger partial charge in [0.15, 0.2) is 0 Å². The summed E-state index contributed by atoms with van der Waals surface area (Å²) in [7, 11) is 0. The smallest absolute Gasteiger partial charge is 0.261 e.